The van der Waals surface area contributed by atoms with Gasteiger partial charge in [0.1, 0.15) is 5.82 Å². The van der Waals surface area contributed by atoms with E-state index in [0.29, 0.717) is 12.0 Å². The number of rotatable bonds is 3. The summed E-state index contributed by atoms with van der Waals surface area (Å²) < 4.78 is 13.4. The van der Waals surface area contributed by atoms with Crippen LogP contribution < -0.4 is 0 Å². The van der Waals surface area contributed by atoms with Crippen molar-refractivity contribution < 1.29 is 9.50 Å². The summed E-state index contributed by atoms with van der Waals surface area (Å²) in [6.45, 7) is 3.91. The molecule has 1 nitrogen and oxygen atoms in total. The lowest BCUT2D eigenvalue weighted by molar-refractivity contribution is 0.177. The first-order valence-electron chi connectivity index (χ1n) is 6.17. The van der Waals surface area contributed by atoms with Gasteiger partial charge in [0.05, 0.1) is 11.1 Å². The van der Waals surface area contributed by atoms with Crippen molar-refractivity contribution in [3.8, 4) is 0 Å². The summed E-state index contributed by atoms with van der Waals surface area (Å²) >= 11 is 5.92. The van der Waals surface area contributed by atoms with Crippen LogP contribution in [0, 0.1) is 19.7 Å². The molecule has 0 heterocycles. The fourth-order valence-electron chi connectivity index (χ4n) is 2.37. The lowest BCUT2D eigenvalue weighted by Gasteiger charge is -2.17. The highest BCUT2D eigenvalue weighted by molar-refractivity contribution is 6.31. The molecule has 0 aliphatic carbocycles. The minimum atomic E-state index is -0.680. The lowest BCUT2D eigenvalue weighted by atomic mass is 9.94. The van der Waals surface area contributed by atoms with E-state index in [-0.39, 0.29) is 5.02 Å². The van der Waals surface area contributed by atoms with E-state index in [1.165, 1.54) is 6.07 Å². The van der Waals surface area contributed by atoms with Gasteiger partial charge in [0.15, 0.2) is 0 Å². The Morgan fingerprint density at radius 1 is 1.11 bits per heavy atom. The minimum absolute atomic E-state index is 0.0905. The topological polar surface area (TPSA) is 20.2 Å². The van der Waals surface area contributed by atoms with E-state index in [2.05, 4.69) is 0 Å². The van der Waals surface area contributed by atoms with Crippen LogP contribution in [0.1, 0.15) is 28.4 Å². The molecule has 1 N–H and O–H groups in total. The smallest absolute Gasteiger partial charge is 0.142 e. The van der Waals surface area contributed by atoms with Gasteiger partial charge < -0.3 is 5.11 Å². The van der Waals surface area contributed by atoms with Gasteiger partial charge in [0.25, 0.3) is 0 Å². The number of aliphatic hydroxyl groups excluding tert-OH is 1. The number of aliphatic hydroxyl groups is 1. The molecule has 1 unspecified atom stereocenters. The van der Waals surface area contributed by atoms with Gasteiger partial charge in [-0.05, 0) is 42.2 Å². The van der Waals surface area contributed by atoms with Crippen LogP contribution >= 0.6 is 11.6 Å². The van der Waals surface area contributed by atoms with Crippen LogP contribution in [0.15, 0.2) is 36.4 Å². The Balaban J connectivity index is 2.31. The van der Waals surface area contributed by atoms with Gasteiger partial charge >= 0.3 is 0 Å². The summed E-state index contributed by atoms with van der Waals surface area (Å²) in [5, 5.41) is 10.5. The molecule has 2 rings (SSSR count). The summed E-state index contributed by atoms with van der Waals surface area (Å²) in [6, 6.07) is 10.5. The van der Waals surface area contributed by atoms with Crippen molar-refractivity contribution in [3.05, 3.63) is 69.5 Å². The molecule has 0 aromatic heterocycles. The van der Waals surface area contributed by atoms with Crippen LogP contribution in [0.4, 0.5) is 4.39 Å². The summed E-state index contributed by atoms with van der Waals surface area (Å²) in [6.07, 6.45) is -0.372. The molecule has 100 valence electrons. The number of hydrogen-bond donors (Lipinski definition) is 1. The van der Waals surface area contributed by atoms with Crippen molar-refractivity contribution in [2.45, 2.75) is 26.4 Å². The van der Waals surface area contributed by atoms with Crippen LogP contribution in [0.5, 0.6) is 0 Å². The van der Waals surface area contributed by atoms with E-state index >= 15 is 0 Å². The van der Waals surface area contributed by atoms with Crippen LogP contribution in [0.3, 0.4) is 0 Å². The van der Waals surface area contributed by atoms with E-state index in [0.717, 1.165) is 16.7 Å². The molecule has 0 saturated carbocycles. The first kappa shape index (κ1) is 14.0. The lowest BCUT2D eigenvalue weighted by Crippen LogP contribution is -2.06. The van der Waals surface area contributed by atoms with E-state index in [9.17, 15) is 9.50 Å². The third-order valence-electron chi connectivity index (χ3n) is 3.32. The molecule has 0 bridgehead atoms. The predicted octanol–water partition coefficient (Wildman–Crippen LogP) is 4.37. The fourth-order valence-corrected chi connectivity index (χ4v) is 2.57. The summed E-state index contributed by atoms with van der Waals surface area (Å²) in [7, 11) is 0. The zero-order chi connectivity index (χ0) is 14.0. The number of benzene rings is 2. The molecular formula is C16H16ClFO. The van der Waals surface area contributed by atoms with Gasteiger partial charge in [-0.1, -0.05) is 41.9 Å². The Morgan fingerprint density at radius 2 is 1.68 bits per heavy atom. The van der Waals surface area contributed by atoms with Crippen molar-refractivity contribution in [2.75, 3.05) is 0 Å². The molecular weight excluding hydrogens is 263 g/mol. The highest BCUT2D eigenvalue weighted by Crippen LogP contribution is 2.28. The van der Waals surface area contributed by atoms with Gasteiger partial charge in [-0.25, -0.2) is 4.39 Å². The zero-order valence-corrected chi connectivity index (χ0v) is 11.7. The van der Waals surface area contributed by atoms with Crippen molar-refractivity contribution in [1.82, 2.24) is 0 Å². The maximum absolute atomic E-state index is 13.4. The maximum Gasteiger partial charge on any atom is 0.142 e. The Hall–Kier alpha value is -1.38. The monoisotopic (exact) mass is 278 g/mol. The summed E-state index contributed by atoms with van der Waals surface area (Å²) in [5.74, 6) is -0.451. The van der Waals surface area contributed by atoms with Gasteiger partial charge in [0, 0.05) is 6.42 Å². The summed E-state index contributed by atoms with van der Waals surface area (Å²) in [4.78, 5) is 0. The molecule has 0 amide bonds. The van der Waals surface area contributed by atoms with Gasteiger partial charge in [-0.15, -0.1) is 0 Å². The Labute approximate surface area is 117 Å². The highest BCUT2D eigenvalue weighted by Gasteiger charge is 2.16. The minimum Gasteiger partial charge on any atom is -0.388 e. The molecule has 2 aromatic carbocycles. The fraction of sp³-hybridized carbons (Fsp3) is 0.250. The van der Waals surface area contributed by atoms with Gasteiger partial charge in [0.2, 0.25) is 0 Å². The van der Waals surface area contributed by atoms with Crippen LogP contribution in [0.25, 0.3) is 0 Å². The first-order chi connectivity index (χ1) is 9.00. The first-order valence-corrected chi connectivity index (χ1v) is 6.55. The second kappa shape index (κ2) is 5.72. The molecule has 0 spiro atoms. The molecule has 2 aromatic rings. The number of hydrogen-bond acceptors (Lipinski definition) is 1. The van der Waals surface area contributed by atoms with E-state index in [1.807, 2.05) is 32.0 Å². The number of aryl methyl sites for hydroxylation is 2. The van der Waals surface area contributed by atoms with Crippen LogP contribution in [-0.2, 0) is 6.42 Å². The standard InChI is InChI=1S/C16H16ClFO/c1-10-5-3-6-11(2)15(10)14(19)9-12-7-4-8-13(18)16(12)17/h3-8,14,19H,9H2,1-2H3. The van der Waals surface area contributed by atoms with E-state index in [1.54, 1.807) is 12.1 Å². The Bertz CT molecular complexity index is 575. The van der Waals surface area contributed by atoms with Gasteiger partial charge in [-0.2, -0.15) is 0 Å². The molecule has 0 fully saturated rings. The SMILES string of the molecule is Cc1cccc(C)c1C(O)Cc1cccc(F)c1Cl. The average molecular weight is 279 g/mol. The largest absolute Gasteiger partial charge is 0.388 e. The van der Waals surface area contributed by atoms with Crippen molar-refractivity contribution >= 4 is 11.6 Å². The zero-order valence-electron chi connectivity index (χ0n) is 11.0. The molecule has 0 radical (unpaired) electrons. The van der Waals surface area contributed by atoms with Crippen LogP contribution in [0.2, 0.25) is 5.02 Å². The second-order valence-electron chi connectivity index (χ2n) is 4.74. The highest BCUT2D eigenvalue weighted by atomic mass is 35.5. The average Bonchev–Trinajstić information content (AvgIpc) is 2.35. The normalized spacial score (nSPS) is 12.5. The third-order valence-corrected chi connectivity index (χ3v) is 3.74. The van der Waals surface area contributed by atoms with E-state index < -0.39 is 11.9 Å². The third kappa shape index (κ3) is 2.96. The number of halogens is 2. The van der Waals surface area contributed by atoms with E-state index in [4.69, 9.17) is 11.6 Å². The predicted molar refractivity (Wildman–Crippen MR) is 76.0 cm³/mol. The second-order valence-corrected chi connectivity index (χ2v) is 5.12. The molecule has 1 atom stereocenters. The van der Waals surface area contributed by atoms with Crippen molar-refractivity contribution in [3.63, 3.8) is 0 Å². The maximum atomic E-state index is 13.4. The van der Waals surface area contributed by atoms with Crippen LogP contribution in [-0.4, -0.2) is 5.11 Å². The Morgan fingerprint density at radius 3 is 2.32 bits per heavy atom. The van der Waals surface area contributed by atoms with Crippen molar-refractivity contribution in [1.29, 1.82) is 0 Å². The quantitative estimate of drug-likeness (QED) is 0.884. The summed E-state index contributed by atoms with van der Waals surface area (Å²) in [5.41, 5.74) is 3.57. The molecule has 0 aliphatic heterocycles. The van der Waals surface area contributed by atoms with Crippen molar-refractivity contribution in [2.24, 2.45) is 0 Å². The molecule has 0 aliphatic rings. The molecule has 3 heteroatoms. The molecule has 19 heavy (non-hydrogen) atoms. The molecule has 0 saturated heterocycles. The Kier molecular flexibility index (Phi) is 4.23. The van der Waals surface area contributed by atoms with Gasteiger partial charge in [-0.3, -0.25) is 0 Å².